The molecule has 0 aliphatic carbocycles. The van der Waals surface area contributed by atoms with E-state index in [0.717, 1.165) is 11.1 Å². The number of nitrogens with one attached hydrogen (secondary N) is 2. The number of hydrogen-bond acceptors (Lipinski definition) is 3. The Balaban J connectivity index is 1.82. The van der Waals surface area contributed by atoms with Crippen molar-refractivity contribution in [2.75, 3.05) is 6.54 Å². The maximum absolute atomic E-state index is 12.8. The number of rotatable bonds is 7. The van der Waals surface area contributed by atoms with Gasteiger partial charge in [0, 0.05) is 19.5 Å². The number of carbonyl (C=O) groups excluding carboxylic acids is 1. The van der Waals surface area contributed by atoms with Crippen LogP contribution in [-0.4, -0.2) is 20.9 Å². The van der Waals surface area contributed by atoms with Gasteiger partial charge in [0.05, 0.1) is 4.90 Å². The number of amides is 1. The van der Waals surface area contributed by atoms with Crippen molar-refractivity contribution in [2.24, 2.45) is 0 Å². The van der Waals surface area contributed by atoms with Crippen molar-refractivity contribution in [1.82, 2.24) is 10.0 Å². The molecule has 0 saturated heterocycles. The molecule has 0 bridgehead atoms. The first-order valence-electron chi connectivity index (χ1n) is 8.69. The van der Waals surface area contributed by atoms with E-state index in [1.165, 1.54) is 12.1 Å². The van der Waals surface area contributed by atoms with Crippen LogP contribution < -0.4 is 10.0 Å². The molecule has 0 aliphatic rings. The minimum Gasteiger partial charge on any atom is -0.352 e. The van der Waals surface area contributed by atoms with Crippen molar-refractivity contribution in [1.29, 1.82) is 0 Å². The number of sulfonamides is 1. The smallest absolute Gasteiger partial charge is 0.240 e. The Hall–Kier alpha value is -2.25. The summed E-state index contributed by atoms with van der Waals surface area (Å²) in [5.74, 6) is -0.625. The Morgan fingerprint density at radius 3 is 2.15 bits per heavy atom. The molecule has 0 spiro atoms. The molecule has 2 rings (SSSR count). The highest BCUT2D eigenvalue weighted by atomic mass is 32.2. The zero-order chi connectivity index (χ0) is 20.1. The number of halogens is 1. The molecule has 0 atom stereocenters. The first kappa shape index (κ1) is 21.1. The third-order valence-corrected chi connectivity index (χ3v) is 5.55. The molecule has 0 saturated carbocycles. The van der Waals surface area contributed by atoms with E-state index in [1.54, 1.807) is 36.4 Å². The predicted molar refractivity (Wildman–Crippen MR) is 103 cm³/mol. The van der Waals surface area contributed by atoms with Crippen LogP contribution >= 0.6 is 0 Å². The summed E-state index contributed by atoms with van der Waals surface area (Å²) in [6, 6.07) is 12.5. The molecule has 2 aromatic carbocycles. The molecule has 0 aliphatic heterocycles. The van der Waals surface area contributed by atoms with E-state index in [9.17, 15) is 17.6 Å². The lowest BCUT2D eigenvalue weighted by molar-refractivity contribution is -0.121. The molecule has 0 aromatic heterocycles. The number of hydrogen-bond donors (Lipinski definition) is 2. The Kier molecular flexibility index (Phi) is 6.73. The lowest BCUT2D eigenvalue weighted by Gasteiger charge is -2.19. The van der Waals surface area contributed by atoms with Gasteiger partial charge in [-0.3, -0.25) is 4.79 Å². The quantitative estimate of drug-likeness (QED) is 0.760. The second-order valence-corrected chi connectivity index (χ2v) is 9.09. The van der Waals surface area contributed by atoms with Gasteiger partial charge in [-0.2, -0.15) is 0 Å². The molecule has 2 aromatic rings. The highest BCUT2D eigenvalue weighted by molar-refractivity contribution is 7.89. The van der Waals surface area contributed by atoms with Gasteiger partial charge in [-0.05, 0) is 40.8 Å². The second-order valence-electron chi connectivity index (χ2n) is 7.33. The van der Waals surface area contributed by atoms with E-state index < -0.39 is 10.0 Å². The monoisotopic (exact) mass is 392 g/mol. The van der Waals surface area contributed by atoms with Crippen LogP contribution in [0.2, 0.25) is 0 Å². The van der Waals surface area contributed by atoms with Gasteiger partial charge in [0.25, 0.3) is 0 Å². The summed E-state index contributed by atoms with van der Waals surface area (Å²) in [4.78, 5) is 12.0. The van der Waals surface area contributed by atoms with Crippen molar-refractivity contribution in [2.45, 2.75) is 44.0 Å². The first-order chi connectivity index (χ1) is 12.6. The van der Waals surface area contributed by atoms with E-state index >= 15 is 0 Å². The highest BCUT2D eigenvalue weighted by Crippen LogP contribution is 2.23. The number of benzene rings is 2. The van der Waals surface area contributed by atoms with E-state index in [0.29, 0.717) is 0 Å². The maximum atomic E-state index is 12.8. The molecule has 5 nitrogen and oxygen atoms in total. The van der Waals surface area contributed by atoms with Gasteiger partial charge in [-0.25, -0.2) is 17.5 Å². The minimum absolute atomic E-state index is 0.00138. The van der Waals surface area contributed by atoms with Crippen LogP contribution in [0.5, 0.6) is 0 Å². The molecule has 27 heavy (non-hydrogen) atoms. The molecule has 0 fully saturated rings. The van der Waals surface area contributed by atoms with Crippen molar-refractivity contribution in [3.63, 3.8) is 0 Å². The minimum atomic E-state index is -3.66. The third kappa shape index (κ3) is 6.45. The summed E-state index contributed by atoms with van der Waals surface area (Å²) < 4.78 is 39.9. The third-order valence-electron chi connectivity index (χ3n) is 4.08. The fourth-order valence-corrected chi connectivity index (χ4v) is 3.44. The molecule has 1 amide bonds. The molecule has 2 N–H and O–H groups in total. The van der Waals surface area contributed by atoms with Gasteiger partial charge >= 0.3 is 0 Å². The van der Waals surface area contributed by atoms with Crippen LogP contribution in [-0.2, 0) is 26.8 Å². The van der Waals surface area contributed by atoms with E-state index in [2.05, 4.69) is 30.8 Å². The Morgan fingerprint density at radius 1 is 1.00 bits per heavy atom. The van der Waals surface area contributed by atoms with Gasteiger partial charge in [0.2, 0.25) is 15.9 Å². The van der Waals surface area contributed by atoms with Crippen LogP contribution in [0.3, 0.4) is 0 Å². The fraction of sp³-hybridized carbons (Fsp3) is 0.350. The summed E-state index contributed by atoms with van der Waals surface area (Å²) in [5.41, 5.74) is 1.75. The Morgan fingerprint density at radius 2 is 1.59 bits per heavy atom. The Bertz CT molecular complexity index is 871. The van der Waals surface area contributed by atoms with E-state index in [1.807, 2.05) is 0 Å². The highest BCUT2D eigenvalue weighted by Gasteiger charge is 2.17. The van der Waals surface area contributed by atoms with Crippen LogP contribution in [0.4, 0.5) is 4.39 Å². The van der Waals surface area contributed by atoms with Crippen molar-refractivity contribution >= 4 is 15.9 Å². The van der Waals surface area contributed by atoms with Crippen LogP contribution in [0.1, 0.15) is 38.3 Å². The van der Waals surface area contributed by atoms with Gasteiger partial charge in [0.1, 0.15) is 5.82 Å². The molecule has 0 heterocycles. The van der Waals surface area contributed by atoms with Gasteiger partial charge in [-0.15, -0.1) is 0 Å². The summed E-state index contributed by atoms with van der Waals surface area (Å²) in [5, 5.41) is 2.67. The van der Waals surface area contributed by atoms with Crippen molar-refractivity contribution in [3.8, 4) is 0 Å². The normalized spacial score (nSPS) is 12.0. The maximum Gasteiger partial charge on any atom is 0.240 e. The second kappa shape index (κ2) is 8.63. The predicted octanol–water partition coefficient (Wildman–Crippen LogP) is 3.11. The van der Waals surface area contributed by atoms with Crippen molar-refractivity contribution in [3.05, 3.63) is 65.5 Å². The molecule has 0 unspecified atom stereocenters. The van der Waals surface area contributed by atoms with Gasteiger partial charge in [-0.1, -0.05) is 45.0 Å². The largest absolute Gasteiger partial charge is 0.352 e. The average molecular weight is 392 g/mol. The van der Waals surface area contributed by atoms with E-state index in [-0.39, 0.29) is 41.5 Å². The zero-order valence-corrected chi connectivity index (χ0v) is 16.6. The molecular formula is C20H25FN2O3S. The summed E-state index contributed by atoms with van der Waals surface area (Å²) in [7, 11) is -3.66. The zero-order valence-electron chi connectivity index (χ0n) is 15.8. The van der Waals surface area contributed by atoms with E-state index in [4.69, 9.17) is 0 Å². The van der Waals surface area contributed by atoms with Gasteiger partial charge < -0.3 is 5.32 Å². The summed E-state index contributed by atoms with van der Waals surface area (Å²) in [6.45, 7) is 6.43. The van der Waals surface area contributed by atoms with Crippen LogP contribution in [0.25, 0.3) is 0 Å². The first-order valence-corrected chi connectivity index (χ1v) is 10.2. The number of carbonyl (C=O) groups is 1. The molecule has 0 radical (unpaired) electrons. The Labute approximate surface area is 160 Å². The van der Waals surface area contributed by atoms with Crippen LogP contribution in [0, 0.1) is 5.82 Å². The molecule has 7 heteroatoms. The van der Waals surface area contributed by atoms with Crippen LogP contribution in [0.15, 0.2) is 53.4 Å². The molecular weight excluding hydrogens is 367 g/mol. The summed E-state index contributed by atoms with van der Waals surface area (Å²) in [6.07, 6.45) is 0.0144. The fourth-order valence-electron chi connectivity index (χ4n) is 2.41. The van der Waals surface area contributed by atoms with Crippen molar-refractivity contribution < 1.29 is 17.6 Å². The lowest BCUT2D eigenvalue weighted by atomic mass is 9.87. The topological polar surface area (TPSA) is 75.3 Å². The van der Waals surface area contributed by atoms with Gasteiger partial charge in [0.15, 0.2) is 0 Å². The SMILES string of the molecule is CC(C)(C)c1ccc(S(=O)(=O)NCCC(=O)NCc2ccc(F)cc2)cc1. The molecule has 146 valence electrons. The lowest BCUT2D eigenvalue weighted by Crippen LogP contribution is -2.30. The average Bonchev–Trinajstić information content (AvgIpc) is 2.60. The summed E-state index contributed by atoms with van der Waals surface area (Å²) >= 11 is 0. The standard InChI is InChI=1S/C20H25FN2O3S/c1-20(2,3)16-6-10-18(11-7-16)27(25,26)23-13-12-19(24)22-14-15-4-8-17(21)9-5-15/h4-11,23H,12-14H2,1-3H3,(H,22,24).